The van der Waals surface area contributed by atoms with Crippen LogP contribution in [0.15, 0.2) is 0 Å². The second-order valence-electron chi connectivity index (χ2n) is 3.26. The zero-order chi connectivity index (χ0) is 12.6. The maximum absolute atomic E-state index is 11.7. The van der Waals surface area contributed by atoms with E-state index in [0.717, 1.165) is 0 Å². The van der Waals surface area contributed by atoms with Gasteiger partial charge in [-0.1, -0.05) is 0 Å². The fourth-order valence-electron chi connectivity index (χ4n) is 1.12. The van der Waals surface area contributed by atoms with Gasteiger partial charge in [0, 0.05) is 18.1 Å². The van der Waals surface area contributed by atoms with E-state index in [-0.39, 0.29) is 18.1 Å². The minimum absolute atomic E-state index is 0.116. The van der Waals surface area contributed by atoms with Crippen LogP contribution >= 0.6 is 25.3 Å². The third-order valence-corrected chi connectivity index (χ3v) is 2.69. The molecule has 0 aliphatic heterocycles. The quantitative estimate of drug-likeness (QED) is 0.349. The molecule has 5 nitrogen and oxygen atoms in total. The van der Waals surface area contributed by atoms with E-state index in [0.29, 0.717) is 18.5 Å². The number of thiol groups is 2. The van der Waals surface area contributed by atoms with Gasteiger partial charge in [0.15, 0.2) is 0 Å². The first kappa shape index (κ1) is 15.3. The van der Waals surface area contributed by atoms with E-state index >= 15 is 0 Å². The Morgan fingerprint density at radius 1 is 1.38 bits per heavy atom. The van der Waals surface area contributed by atoms with Crippen molar-refractivity contribution < 1.29 is 14.4 Å². The van der Waals surface area contributed by atoms with Crippen LogP contribution in [0.5, 0.6) is 0 Å². The molecule has 0 saturated heterocycles. The average Bonchev–Trinajstić information content (AvgIpc) is 2.24. The zero-order valence-electron chi connectivity index (χ0n) is 8.76. The molecule has 0 saturated carbocycles. The van der Waals surface area contributed by atoms with Crippen LogP contribution in [-0.2, 0) is 14.4 Å². The second-order valence-corrected chi connectivity index (χ2v) is 4.07. The third kappa shape index (κ3) is 5.41. The van der Waals surface area contributed by atoms with Gasteiger partial charge in [0.2, 0.25) is 11.8 Å². The fraction of sp³-hybridized carbons (Fsp3) is 0.667. The van der Waals surface area contributed by atoms with Crippen molar-refractivity contribution in [2.24, 2.45) is 11.7 Å². The number of primary amides is 1. The maximum atomic E-state index is 11.7. The van der Waals surface area contributed by atoms with E-state index in [1.807, 2.05) is 0 Å². The lowest BCUT2D eigenvalue weighted by atomic mass is 10.0. The summed E-state index contributed by atoms with van der Waals surface area (Å²) in [7, 11) is 0. The number of hydrogen-bond acceptors (Lipinski definition) is 5. The SMILES string of the molecule is NC(=O)C(CS)NC(=O)C(CC=O)CCS. The van der Waals surface area contributed by atoms with Gasteiger partial charge in [-0.25, -0.2) is 0 Å². The minimum atomic E-state index is -0.801. The third-order valence-electron chi connectivity index (χ3n) is 2.07. The topological polar surface area (TPSA) is 89.3 Å². The first-order valence-corrected chi connectivity index (χ1v) is 6.08. The molecule has 0 aromatic rings. The van der Waals surface area contributed by atoms with Crippen LogP contribution in [-0.4, -0.2) is 35.6 Å². The summed E-state index contributed by atoms with van der Waals surface area (Å²) in [6, 6.07) is -0.801. The van der Waals surface area contributed by atoms with Crippen molar-refractivity contribution in [1.82, 2.24) is 5.32 Å². The lowest BCUT2D eigenvalue weighted by molar-refractivity contribution is -0.130. The molecule has 0 radical (unpaired) electrons. The van der Waals surface area contributed by atoms with E-state index in [1.54, 1.807) is 0 Å². The molecule has 2 atom stereocenters. The lowest BCUT2D eigenvalue weighted by Gasteiger charge is -2.17. The van der Waals surface area contributed by atoms with Crippen molar-refractivity contribution in [2.45, 2.75) is 18.9 Å². The van der Waals surface area contributed by atoms with Crippen molar-refractivity contribution in [3.8, 4) is 0 Å². The predicted molar refractivity (Wildman–Crippen MR) is 67.6 cm³/mol. The molecule has 0 fully saturated rings. The molecule has 92 valence electrons. The highest BCUT2D eigenvalue weighted by molar-refractivity contribution is 7.80. The summed E-state index contributed by atoms with van der Waals surface area (Å²) in [5, 5.41) is 2.45. The summed E-state index contributed by atoms with van der Waals surface area (Å²) < 4.78 is 0. The van der Waals surface area contributed by atoms with E-state index in [9.17, 15) is 14.4 Å². The molecule has 0 spiro atoms. The molecule has 0 aliphatic rings. The van der Waals surface area contributed by atoms with E-state index < -0.39 is 17.9 Å². The molecular weight excluding hydrogens is 248 g/mol. The molecule has 0 aliphatic carbocycles. The maximum Gasteiger partial charge on any atom is 0.240 e. The molecule has 2 amide bonds. The first-order valence-electron chi connectivity index (χ1n) is 4.81. The van der Waals surface area contributed by atoms with Crippen LogP contribution in [0.2, 0.25) is 0 Å². The number of nitrogens with one attached hydrogen (secondary N) is 1. The molecule has 7 heteroatoms. The summed E-state index contributed by atoms with van der Waals surface area (Å²) in [6.45, 7) is 0. The van der Waals surface area contributed by atoms with Crippen LogP contribution in [0, 0.1) is 5.92 Å². The smallest absolute Gasteiger partial charge is 0.240 e. The van der Waals surface area contributed by atoms with Crippen LogP contribution in [0.25, 0.3) is 0 Å². The van der Waals surface area contributed by atoms with E-state index in [4.69, 9.17) is 5.73 Å². The molecule has 0 rings (SSSR count). The number of amides is 2. The van der Waals surface area contributed by atoms with Gasteiger partial charge in [0.1, 0.15) is 12.3 Å². The minimum Gasteiger partial charge on any atom is -0.368 e. The molecule has 3 N–H and O–H groups in total. The van der Waals surface area contributed by atoms with Gasteiger partial charge in [-0.3, -0.25) is 9.59 Å². The van der Waals surface area contributed by atoms with Gasteiger partial charge in [0.25, 0.3) is 0 Å². The van der Waals surface area contributed by atoms with Crippen LogP contribution in [0.1, 0.15) is 12.8 Å². The number of carbonyl (C=O) groups excluding carboxylic acids is 3. The Hall–Kier alpha value is -0.690. The highest BCUT2D eigenvalue weighted by Gasteiger charge is 2.22. The number of nitrogens with two attached hydrogens (primary N) is 1. The summed E-state index contributed by atoms with van der Waals surface area (Å²) in [5.74, 6) is -0.834. The Morgan fingerprint density at radius 2 is 2.00 bits per heavy atom. The monoisotopic (exact) mass is 264 g/mol. The number of rotatable bonds is 8. The summed E-state index contributed by atoms with van der Waals surface area (Å²) in [5.41, 5.74) is 5.06. The fourth-order valence-corrected chi connectivity index (χ4v) is 1.71. The van der Waals surface area contributed by atoms with Crippen LogP contribution < -0.4 is 11.1 Å². The van der Waals surface area contributed by atoms with E-state index in [1.165, 1.54) is 0 Å². The van der Waals surface area contributed by atoms with Crippen molar-refractivity contribution in [3.63, 3.8) is 0 Å². The number of carbonyl (C=O) groups is 3. The van der Waals surface area contributed by atoms with Gasteiger partial charge in [-0.15, -0.1) is 0 Å². The van der Waals surface area contributed by atoms with Gasteiger partial charge in [-0.2, -0.15) is 25.3 Å². The Labute approximate surface area is 105 Å². The van der Waals surface area contributed by atoms with E-state index in [2.05, 4.69) is 30.6 Å². The number of hydrogen-bond donors (Lipinski definition) is 4. The Kier molecular flexibility index (Phi) is 8.10. The van der Waals surface area contributed by atoms with Gasteiger partial charge < -0.3 is 15.8 Å². The largest absolute Gasteiger partial charge is 0.368 e. The zero-order valence-corrected chi connectivity index (χ0v) is 10.5. The molecule has 2 unspecified atom stereocenters. The van der Waals surface area contributed by atoms with Crippen molar-refractivity contribution in [3.05, 3.63) is 0 Å². The van der Waals surface area contributed by atoms with Crippen molar-refractivity contribution >= 4 is 43.4 Å². The predicted octanol–water partition coefficient (Wildman–Crippen LogP) is -0.589. The molecule has 0 heterocycles. The van der Waals surface area contributed by atoms with Crippen molar-refractivity contribution in [2.75, 3.05) is 11.5 Å². The summed E-state index contributed by atoms with van der Waals surface area (Å²) in [4.78, 5) is 32.9. The Bertz CT molecular complexity index is 261. The molecule has 16 heavy (non-hydrogen) atoms. The van der Waals surface area contributed by atoms with Crippen molar-refractivity contribution in [1.29, 1.82) is 0 Å². The summed E-state index contributed by atoms with van der Waals surface area (Å²) in [6.07, 6.45) is 1.27. The second kappa shape index (κ2) is 8.46. The highest BCUT2D eigenvalue weighted by atomic mass is 32.1. The highest BCUT2D eigenvalue weighted by Crippen LogP contribution is 2.08. The number of aldehydes is 1. The molecular formula is C9H16N2O3S2. The summed E-state index contributed by atoms with van der Waals surface area (Å²) >= 11 is 7.90. The molecule has 0 aromatic heterocycles. The van der Waals surface area contributed by atoms with Gasteiger partial charge >= 0.3 is 0 Å². The Balaban J connectivity index is 4.37. The first-order chi connectivity index (χ1) is 7.56. The molecule has 0 bridgehead atoms. The normalized spacial score (nSPS) is 13.9. The van der Waals surface area contributed by atoms with Gasteiger partial charge in [-0.05, 0) is 12.2 Å². The molecule has 0 aromatic carbocycles. The van der Waals surface area contributed by atoms with Gasteiger partial charge in [0.05, 0.1) is 0 Å². The van der Waals surface area contributed by atoms with Crippen LogP contribution in [0.4, 0.5) is 0 Å². The lowest BCUT2D eigenvalue weighted by Crippen LogP contribution is -2.47. The Morgan fingerprint density at radius 3 is 2.38 bits per heavy atom. The average molecular weight is 264 g/mol. The van der Waals surface area contributed by atoms with Crippen LogP contribution in [0.3, 0.4) is 0 Å². The standard InChI is InChI=1S/C9H16N2O3S2/c10-8(13)7(5-16)11-9(14)6(1-3-12)2-4-15/h3,6-7,15-16H,1-2,4-5H2,(H2,10,13)(H,11,14).